The van der Waals surface area contributed by atoms with Gasteiger partial charge in [-0.1, -0.05) is 12.8 Å². The first-order chi connectivity index (χ1) is 8.67. The van der Waals surface area contributed by atoms with Crippen molar-refractivity contribution in [3.8, 4) is 5.88 Å². The highest BCUT2D eigenvalue weighted by molar-refractivity contribution is 5.89. The molecule has 0 spiro atoms. The number of amides is 1. The number of unbranched alkanes of at least 4 members (excludes halogenated alkanes) is 3. The molecule has 0 saturated carbocycles. The first kappa shape index (κ1) is 14.5. The van der Waals surface area contributed by atoms with E-state index in [2.05, 4.69) is 10.4 Å². The maximum Gasteiger partial charge on any atom is 0.225 e. The van der Waals surface area contributed by atoms with E-state index in [1.165, 1.54) is 0 Å². The molecule has 0 unspecified atom stereocenters. The van der Waals surface area contributed by atoms with Crippen LogP contribution in [0.15, 0.2) is 6.07 Å². The van der Waals surface area contributed by atoms with Gasteiger partial charge >= 0.3 is 0 Å². The number of nitrogens with one attached hydrogen (secondary N) is 1. The maximum absolute atomic E-state index is 11.6. The minimum Gasteiger partial charge on any atom is -0.481 e. The van der Waals surface area contributed by atoms with E-state index >= 15 is 0 Å². The molecule has 6 heteroatoms. The van der Waals surface area contributed by atoms with E-state index in [-0.39, 0.29) is 5.91 Å². The zero-order valence-electron chi connectivity index (χ0n) is 11.1. The molecule has 0 saturated heterocycles. The Balaban J connectivity index is 2.26. The monoisotopic (exact) mass is 254 g/mol. The summed E-state index contributed by atoms with van der Waals surface area (Å²) in [6, 6.07) is 1.70. The second kappa shape index (κ2) is 7.71. The van der Waals surface area contributed by atoms with Gasteiger partial charge in [-0.3, -0.25) is 4.79 Å². The van der Waals surface area contributed by atoms with Crippen LogP contribution in [0.1, 0.15) is 32.1 Å². The lowest BCUT2D eigenvalue weighted by atomic mass is 10.1. The zero-order chi connectivity index (χ0) is 13.4. The van der Waals surface area contributed by atoms with Gasteiger partial charge in [-0.2, -0.15) is 5.10 Å². The third-order valence-corrected chi connectivity index (χ3v) is 2.67. The van der Waals surface area contributed by atoms with Gasteiger partial charge in [-0.15, -0.1) is 0 Å². The predicted octanol–water partition coefficient (Wildman–Crippen LogP) is 1.28. The van der Waals surface area contributed by atoms with E-state index in [0.717, 1.165) is 32.2 Å². The SMILES string of the molecule is COc1cc(NC(=O)CCCCCCN)nn1C. The van der Waals surface area contributed by atoms with Crippen LogP contribution >= 0.6 is 0 Å². The van der Waals surface area contributed by atoms with E-state index in [4.69, 9.17) is 10.5 Å². The fraction of sp³-hybridized carbons (Fsp3) is 0.667. The highest BCUT2D eigenvalue weighted by Gasteiger charge is 2.08. The molecule has 1 heterocycles. The summed E-state index contributed by atoms with van der Waals surface area (Å²) in [5.74, 6) is 1.14. The Morgan fingerprint density at radius 3 is 2.78 bits per heavy atom. The Morgan fingerprint density at radius 1 is 1.44 bits per heavy atom. The van der Waals surface area contributed by atoms with Crippen molar-refractivity contribution in [2.75, 3.05) is 19.0 Å². The van der Waals surface area contributed by atoms with Gasteiger partial charge < -0.3 is 15.8 Å². The summed E-state index contributed by atoms with van der Waals surface area (Å²) in [7, 11) is 3.33. The molecular weight excluding hydrogens is 232 g/mol. The average Bonchev–Trinajstić information content (AvgIpc) is 2.69. The van der Waals surface area contributed by atoms with E-state index in [9.17, 15) is 4.79 Å². The van der Waals surface area contributed by atoms with Gasteiger partial charge in [0.25, 0.3) is 0 Å². The molecule has 0 aliphatic carbocycles. The lowest BCUT2D eigenvalue weighted by Gasteiger charge is -2.01. The van der Waals surface area contributed by atoms with Crippen molar-refractivity contribution in [2.24, 2.45) is 12.8 Å². The fourth-order valence-electron chi connectivity index (χ4n) is 1.69. The second-order valence-electron chi connectivity index (χ2n) is 4.20. The van der Waals surface area contributed by atoms with Gasteiger partial charge in [0.2, 0.25) is 11.8 Å². The summed E-state index contributed by atoms with van der Waals surface area (Å²) < 4.78 is 6.65. The van der Waals surface area contributed by atoms with Crippen LogP contribution in [0.4, 0.5) is 5.82 Å². The largest absolute Gasteiger partial charge is 0.481 e. The van der Waals surface area contributed by atoms with Crippen LogP contribution in [0.5, 0.6) is 5.88 Å². The minimum absolute atomic E-state index is 0.0106. The van der Waals surface area contributed by atoms with Gasteiger partial charge in [-0.05, 0) is 19.4 Å². The van der Waals surface area contributed by atoms with Crippen LogP contribution in [0.3, 0.4) is 0 Å². The molecule has 1 amide bonds. The van der Waals surface area contributed by atoms with Crippen LogP contribution in [-0.4, -0.2) is 29.3 Å². The Morgan fingerprint density at radius 2 is 2.17 bits per heavy atom. The number of nitrogens with two attached hydrogens (primary N) is 1. The number of anilines is 1. The number of carbonyl (C=O) groups is 1. The first-order valence-electron chi connectivity index (χ1n) is 6.25. The number of carbonyl (C=O) groups excluding carboxylic acids is 1. The molecule has 6 nitrogen and oxygen atoms in total. The van der Waals surface area contributed by atoms with E-state index < -0.39 is 0 Å². The summed E-state index contributed by atoms with van der Waals surface area (Å²) in [5.41, 5.74) is 5.40. The molecular formula is C12H22N4O2. The van der Waals surface area contributed by atoms with Crippen molar-refractivity contribution in [2.45, 2.75) is 32.1 Å². The highest BCUT2D eigenvalue weighted by Crippen LogP contribution is 2.15. The Kier molecular flexibility index (Phi) is 6.21. The first-order valence-corrected chi connectivity index (χ1v) is 6.25. The summed E-state index contributed by atoms with van der Waals surface area (Å²) in [4.78, 5) is 11.6. The topological polar surface area (TPSA) is 82.2 Å². The van der Waals surface area contributed by atoms with Gasteiger partial charge in [0.05, 0.1) is 7.11 Å². The Labute approximate surface area is 107 Å². The molecule has 1 aromatic heterocycles. The van der Waals surface area contributed by atoms with Crippen molar-refractivity contribution in [1.82, 2.24) is 9.78 Å². The third kappa shape index (κ3) is 4.75. The molecule has 18 heavy (non-hydrogen) atoms. The quantitative estimate of drug-likeness (QED) is 0.685. The number of nitrogens with zero attached hydrogens (tertiary/aromatic N) is 2. The normalized spacial score (nSPS) is 10.4. The minimum atomic E-state index is -0.0106. The van der Waals surface area contributed by atoms with Gasteiger partial charge in [0, 0.05) is 19.5 Å². The van der Waals surface area contributed by atoms with Crippen LogP contribution in [0, 0.1) is 0 Å². The third-order valence-electron chi connectivity index (χ3n) is 2.67. The van der Waals surface area contributed by atoms with E-state index in [1.807, 2.05) is 0 Å². The molecule has 102 valence electrons. The molecule has 1 aromatic rings. The molecule has 0 fully saturated rings. The second-order valence-corrected chi connectivity index (χ2v) is 4.20. The average molecular weight is 254 g/mol. The number of methoxy groups -OCH3 is 1. The van der Waals surface area contributed by atoms with Gasteiger partial charge in [0.15, 0.2) is 5.82 Å². The van der Waals surface area contributed by atoms with E-state index in [0.29, 0.717) is 18.1 Å². The number of ether oxygens (including phenoxy) is 1. The number of aromatic nitrogens is 2. The number of hydrogen-bond acceptors (Lipinski definition) is 4. The van der Waals surface area contributed by atoms with E-state index in [1.54, 1.807) is 24.9 Å². The van der Waals surface area contributed by atoms with Crippen LogP contribution in [-0.2, 0) is 11.8 Å². The number of rotatable bonds is 8. The summed E-state index contributed by atoms with van der Waals surface area (Å²) in [5, 5.41) is 6.88. The lowest BCUT2D eigenvalue weighted by molar-refractivity contribution is -0.116. The molecule has 0 atom stereocenters. The summed E-state index contributed by atoms with van der Waals surface area (Å²) in [6.45, 7) is 0.722. The highest BCUT2D eigenvalue weighted by atomic mass is 16.5. The predicted molar refractivity (Wildman–Crippen MR) is 70.5 cm³/mol. The number of hydrogen-bond donors (Lipinski definition) is 2. The smallest absolute Gasteiger partial charge is 0.225 e. The van der Waals surface area contributed by atoms with Crippen LogP contribution in [0.2, 0.25) is 0 Å². The van der Waals surface area contributed by atoms with Crippen LogP contribution < -0.4 is 15.8 Å². The Hall–Kier alpha value is -1.56. The Bertz CT molecular complexity index is 376. The summed E-state index contributed by atoms with van der Waals surface area (Å²) >= 11 is 0. The molecule has 0 aliphatic rings. The van der Waals surface area contributed by atoms with Gasteiger partial charge in [0.1, 0.15) is 0 Å². The van der Waals surface area contributed by atoms with Gasteiger partial charge in [-0.25, -0.2) is 4.68 Å². The van der Waals surface area contributed by atoms with Crippen molar-refractivity contribution >= 4 is 11.7 Å². The maximum atomic E-state index is 11.6. The molecule has 0 bridgehead atoms. The lowest BCUT2D eigenvalue weighted by Crippen LogP contribution is -2.11. The van der Waals surface area contributed by atoms with Crippen molar-refractivity contribution in [3.63, 3.8) is 0 Å². The standard InChI is InChI=1S/C12H22N4O2/c1-16-12(18-2)9-10(15-16)14-11(17)7-5-3-4-6-8-13/h9H,3-8,13H2,1-2H3,(H,14,15,17). The zero-order valence-corrected chi connectivity index (χ0v) is 11.1. The number of aryl methyl sites for hydroxylation is 1. The fourth-order valence-corrected chi connectivity index (χ4v) is 1.69. The van der Waals surface area contributed by atoms with Crippen molar-refractivity contribution in [3.05, 3.63) is 6.07 Å². The molecule has 1 rings (SSSR count). The van der Waals surface area contributed by atoms with Crippen LogP contribution in [0.25, 0.3) is 0 Å². The molecule has 3 N–H and O–H groups in total. The van der Waals surface area contributed by atoms with Crippen molar-refractivity contribution < 1.29 is 9.53 Å². The molecule has 0 aliphatic heterocycles. The molecule has 0 radical (unpaired) electrons. The summed E-state index contributed by atoms with van der Waals surface area (Å²) in [6.07, 6.45) is 4.55. The molecule has 0 aromatic carbocycles. The van der Waals surface area contributed by atoms with Crippen molar-refractivity contribution in [1.29, 1.82) is 0 Å².